The molecule has 4 bridgehead atoms. The second-order valence-electron chi connectivity index (χ2n) is 9.32. The SMILES string of the molecule is C[Si](C)(C)CCOCC1/C=C\C=C/c2c3[nH]c4c2NCC(C4)CC1C3. The normalized spacial score (nSPS) is 30.0. The van der Waals surface area contributed by atoms with Gasteiger partial charge in [-0.2, -0.15) is 0 Å². The van der Waals surface area contributed by atoms with Crippen molar-refractivity contribution in [2.75, 3.05) is 25.1 Å². The van der Waals surface area contributed by atoms with Gasteiger partial charge in [0.05, 0.1) is 12.3 Å². The largest absolute Gasteiger partial charge is 0.383 e. The number of rotatable bonds is 5. The Hall–Kier alpha value is -1.26. The third-order valence-corrected chi connectivity index (χ3v) is 7.71. The number of hydrogen-bond acceptors (Lipinski definition) is 2. The lowest BCUT2D eigenvalue weighted by atomic mass is 9.79. The molecule has 25 heavy (non-hydrogen) atoms. The number of hydrogen-bond donors (Lipinski definition) is 2. The summed E-state index contributed by atoms with van der Waals surface area (Å²) in [6.45, 7) is 10.2. The van der Waals surface area contributed by atoms with Crippen LogP contribution in [0.4, 0.5) is 5.69 Å². The van der Waals surface area contributed by atoms with Crippen molar-refractivity contribution in [3.63, 3.8) is 0 Å². The molecule has 0 saturated carbocycles. The number of allylic oxidation sites excluding steroid dienone is 2. The van der Waals surface area contributed by atoms with Crippen molar-refractivity contribution in [1.29, 1.82) is 0 Å². The number of H-pyrrole nitrogens is 1. The summed E-state index contributed by atoms with van der Waals surface area (Å²) in [4.78, 5) is 3.74. The lowest BCUT2D eigenvalue weighted by Gasteiger charge is -2.31. The zero-order valence-electron chi connectivity index (χ0n) is 15.9. The summed E-state index contributed by atoms with van der Waals surface area (Å²) in [6.07, 6.45) is 12.8. The smallest absolute Gasteiger partial charge is 0.0627 e. The van der Waals surface area contributed by atoms with Crippen molar-refractivity contribution in [3.8, 4) is 0 Å². The van der Waals surface area contributed by atoms with Crippen LogP contribution in [0.25, 0.3) is 6.08 Å². The minimum absolute atomic E-state index is 0.520. The number of ether oxygens (including phenoxy) is 1. The summed E-state index contributed by atoms with van der Waals surface area (Å²) < 4.78 is 6.16. The average Bonchev–Trinajstić information content (AvgIpc) is 2.92. The molecule has 0 fully saturated rings. The zero-order chi connectivity index (χ0) is 17.4. The van der Waals surface area contributed by atoms with Crippen LogP contribution >= 0.6 is 0 Å². The fourth-order valence-corrected chi connectivity index (χ4v) is 5.26. The van der Waals surface area contributed by atoms with Gasteiger partial charge in [0.1, 0.15) is 0 Å². The zero-order valence-corrected chi connectivity index (χ0v) is 16.9. The van der Waals surface area contributed by atoms with E-state index in [1.807, 2.05) is 0 Å². The summed E-state index contributed by atoms with van der Waals surface area (Å²) in [6, 6.07) is 1.26. The Morgan fingerprint density at radius 2 is 2.04 bits per heavy atom. The summed E-state index contributed by atoms with van der Waals surface area (Å²) in [7, 11) is -1.01. The monoisotopic (exact) mass is 356 g/mol. The first kappa shape index (κ1) is 17.2. The molecule has 0 saturated heterocycles. The molecule has 3 atom stereocenters. The predicted molar refractivity (Wildman–Crippen MR) is 109 cm³/mol. The van der Waals surface area contributed by atoms with Crippen molar-refractivity contribution in [2.24, 2.45) is 17.8 Å². The lowest BCUT2D eigenvalue weighted by molar-refractivity contribution is 0.0966. The van der Waals surface area contributed by atoms with Crippen molar-refractivity contribution in [2.45, 2.75) is 44.9 Å². The van der Waals surface area contributed by atoms with Crippen LogP contribution in [0.2, 0.25) is 25.7 Å². The van der Waals surface area contributed by atoms with Crippen molar-refractivity contribution in [3.05, 3.63) is 35.2 Å². The van der Waals surface area contributed by atoms with Gasteiger partial charge < -0.3 is 15.0 Å². The summed E-state index contributed by atoms with van der Waals surface area (Å²) in [5.74, 6) is 1.94. The molecule has 0 radical (unpaired) electrons. The predicted octanol–water partition coefficient (Wildman–Crippen LogP) is 4.72. The maximum atomic E-state index is 6.16. The Bertz CT molecular complexity index is 683. The highest BCUT2D eigenvalue weighted by Gasteiger charge is 2.33. The molecule has 0 amide bonds. The Morgan fingerprint density at radius 3 is 2.88 bits per heavy atom. The van der Waals surface area contributed by atoms with Gasteiger partial charge in [-0.25, -0.2) is 0 Å². The van der Waals surface area contributed by atoms with E-state index >= 15 is 0 Å². The first-order valence-electron chi connectivity index (χ1n) is 9.90. The third-order valence-electron chi connectivity index (χ3n) is 6.01. The molecule has 1 aromatic heterocycles. The molecule has 3 heterocycles. The van der Waals surface area contributed by atoms with Crippen LogP contribution in [0, 0.1) is 17.8 Å². The van der Waals surface area contributed by atoms with Crippen molar-refractivity contribution >= 4 is 19.8 Å². The second-order valence-corrected chi connectivity index (χ2v) is 14.9. The fourth-order valence-electron chi connectivity index (χ4n) is 4.50. The van der Waals surface area contributed by atoms with Gasteiger partial charge in [-0.1, -0.05) is 43.9 Å². The molecule has 0 spiro atoms. The van der Waals surface area contributed by atoms with Gasteiger partial charge in [-0.3, -0.25) is 0 Å². The van der Waals surface area contributed by atoms with E-state index in [4.69, 9.17) is 4.74 Å². The fraction of sp³-hybridized carbons (Fsp3) is 0.619. The number of fused-ring (bicyclic) bond motifs is 3. The van der Waals surface area contributed by atoms with Gasteiger partial charge in [0, 0.05) is 44.1 Å². The van der Waals surface area contributed by atoms with Crippen LogP contribution in [-0.4, -0.2) is 32.8 Å². The number of anilines is 1. The number of aromatic nitrogens is 1. The molecule has 136 valence electrons. The molecule has 2 aliphatic heterocycles. The topological polar surface area (TPSA) is 37.0 Å². The molecule has 1 aliphatic carbocycles. The molecule has 3 nitrogen and oxygen atoms in total. The molecule has 3 unspecified atom stereocenters. The van der Waals surface area contributed by atoms with Crippen molar-refractivity contribution < 1.29 is 4.74 Å². The van der Waals surface area contributed by atoms with E-state index in [0.29, 0.717) is 11.8 Å². The summed E-state index contributed by atoms with van der Waals surface area (Å²) in [5, 5.41) is 3.70. The summed E-state index contributed by atoms with van der Waals surface area (Å²) in [5.41, 5.74) is 5.61. The van der Waals surface area contributed by atoms with Gasteiger partial charge in [-0.15, -0.1) is 0 Å². The van der Waals surface area contributed by atoms with Crippen molar-refractivity contribution in [1.82, 2.24) is 4.98 Å². The molecule has 0 aromatic carbocycles. The van der Waals surface area contributed by atoms with Gasteiger partial charge >= 0.3 is 0 Å². The van der Waals surface area contributed by atoms with Gasteiger partial charge in [0.2, 0.25) is 0 Å². The van der Waals surface area contributed by atoms with Gasteiger partial charge in [-0.05, 0) is 37.1 Å². The number of nitrogens with one attached hydrogen (secondary N) is 2. The van der Waals surface area contributed by atoms with E-state index < -0.39 is 8.07 Å². The Kier molecular flexibility index (Phi) is 4.67. The average molecular weight is 357 g/mol. The van der Waals surface area contributed by atoms with Crippen LogP contribution < -0.4 is 5.32 Å². The van der Waals surface area contributed by atoms with Crippen LogP contribution in [-0.2, 0) is 17.6 Å². The summed E-state index contributed by atoms with van der Waals surface area (Å²) >= 11 is 0. The minimum atomic E-state index is -1.01. The van der Waals surface area contributed by atoms with E-state index in [1.54, 1.807) is 0 Å². The van der Waals surface area contributed by atoms with E-state index in [9.17, 15) is 0 Å². The maximum Gasteiger partial charge on any atom is 0.0627 e. The van der Waals surface area contributed by atoms with Crippen LogP contribution in [0.5, 0.6) is 0 Å². The highest BCUT2D eigenvalue weighted by atomic mass is 28.3. The lowest BCUT2D eigenvalue weighted by Crippen LogP contribution is -2.30. The highest BCUT2D eigenvalue weighted by Crippen LogP contribution is 2.40. The van der Waals surface area contributed by atoms with Gasteiger partial charge in [0.15, 0.2) is 0 Å². The molecule has 4 rings (SSSR count). The van der Waals surface area contributed by atoms with Crippen LogP contribution in [0.15, 0.2) is 18.2 Å². The molecular weight excluding hydrogens is 324 g/mol. The van der Waals surface area contributed by atoms with E-state index in [1.165, 1.54) is 41.5 Å². The first-order chi connectivity index (χ1) is 12.0. The second kappa shape index (κ2) is 6.80. The Morgan fingerprint density at radius 1 is 1.16 bits per heavy atom. The molecular formula is C21H32N2OSi. The standard InChI is InChI=1S/C21H32N2OSi/c1-25(2,3)9-8-24-14-16-6-4-5-7-18-19-12-17(16)10-15-11-20(23-19)21(18)22-13-15/h4-7,15-17,22-23H,8-14H2,1-3H3/b6-4-,7-5-. The van der Waals surface area contributed by atoms with Crippen LogP contribution in [0.1, 0.15) is 23.4 Å². The Balaban J connectivity index is 1.52. The Labute approximate surface area is 152 Å². The third kappa shape index (κ3) is 3.80. The number of aromatic amines is 1. The molecule has 3 aliphatic rings. The minimum Gasteiger partial charge on any atom is -0.383 e. The highest BCUT2D eigenvalue weighted by molar-refractivity contribution is 6.76. The molecule has 4 heteroatoms. The van der Waals surface area contributed by atoms with Crippen LogP contribution in [0.3, 0.4) is 0 Å². The van der Waals surface area contributed by atoms with E-state index in [2.05, 4.69) is 54.2 Å². The maximum absolute atomic E-state index is 6.16. The molecule has 2 N–H and O–H groups in total. The first-order valence-corrected chi connectivity index (χ1v) is 13.6. The molecule has 1 aromatic rings. The van der Waals surface area contributed by atoms with E-state index in [0.717, 1.165) is 32.1 Å². The quantitative estimate of drug-likeness (QED) is 0.592. The van der Waals surface area contributed by atoms with Gasteiger partial charge in [0.25, 0.3) is 0 Å². The van der Waals surface area contributed by atoms with E-state index in [-0.39, 0.29) is 0 Å².